The molecule has 1 amide bonds. The number of carbonyl (C=O) groups excluding carboxylic acids is 1. The smallest absolute Gasteiger partial charge is 0.272 e. The first-order valence-corrected chi connectivity index (χ1v) is 7.79. The molecule has 1 aliphatic carbocycles. The third-order valence-electron chi connectivity index (χ3n) is 4.36. The van der Waals surface area contributed by atoms with Crippen LogP contribution in [0.4, 0.5) is 0 Å². The second kappa shape index (κ2) is 7.96. The maximum atomic E-state index is 12.8. The first-order valence-electron chi connectivity index (χ1n) is 7.79. The van der Waals surface area contributed by atoms with Crippen molar-refractivity contribution in [3.05, 3.63) is 47.8 Å². The van der Waals surface area contributed by atoms with Crippen LogP contribution in [0.2, 0.25) is 0 Å². The summed E-state index contributed by atoms with van der Waals surface area (Å²) in [5, 5.41) is 3.36. The van der Waals surface area contributed by atoms with Crippen LogP contribution in [0.15, 0.2) is 30.7 Å². The molecule has 0 spiro atoms. The van der Waals surface area contributed by atoms with Crippen molar-refractivity contribution in [3.8, 4) is 0 Å². The average Bonchev–Trinajstić information content (AvgIpc) is 3.32. The summed E-state index contributed by atoms with van der Waals surface area (Å²) >= 11 is 0. The quantitative estimate of drug-likeness (QED) is 0.870. The van der Waals surface area contributed by atoms with Gasteiger partial charge >= 0.3 is 0 Å². The van der Waals surface area contributed by atoms with Gasteiger partial charge in [0.1, 0.15) is 11.5 Å². The molecule has 2 aromatic rings. The van der Waals surface area contributed by atoms with E-state index in [9.17, 15) is 4.79 Å². The summed E-state index contributed by atoms with van der Waals surface area (Å²) < 4.78 is 0. The van der Waals surface area contributed by atoms with Gasteiger partial charge in [-0.25, -0.2) is 4.98 Å². The maximum Gasteiger partial charge on any atom is 0.272 e. The highest BCUT2D eigenvalue weighted by molar-refractivity contribution is 5.92. The minimum absolute atomic E-state index is 0. The van der Waals surface area contributed by atoms with E-state index in [2.05, 4.69) is 20.3 Å². The van der Waals surface area contributed by atoms with Gasteiger partial charge in [0.2, 0.25) is 0 Å². The van der Waals surface area contributed by atoms with Gasteiger partial charge in [0.25, 0.3) is 5.91 Å². The molecular formula is C16H21Cl2N5O. The Kier molecular flexibility index (Phi) is 6.21. The number of carbonyl (C=O) groups is 1. The number of aromatic amines is 1. The molecule has 1 saturated heterocycles. The molecule has 3 heterocycles. The van der Waals surface area contributed by atoms with Gasteiger partial charge in [-0.05, 0) is 24.5 Å². The molecule has 8 heteroatoms. The Balaban J connectivity index is 0.00000104. The van der Waals surface area contributed by atoms with Crippen LogP contribution in [-0.2, 0) is 0 Å². The van der Waals surface area contributed by atoms with Gasteiger partial charge in [0.15, 0.2) is 0 Å². The topological polar surface area (TPSA) is 73.9 Å². The van der Waals surface area contributed by atoms with Gasteiger partial charge in [-0.3, -0.25) is 9.78 Å². The molecule has 1 atom stereocenters. The van der Waals surface area contributed by atoms with Crippen molar-refractivity contribution < 1.29 is 4.79 Å². The molecule has 2 N–H and O–H groups in total. The second-order valence-electron chi connectivity index (χ2n) is 5.96. The number of piperazine rings is 1. The zero-order valence-corrected chi connectivity index (χ0v) is 14.8. The molecule has 130 valence electrons. The summed E-state index contributed by atoms with van der Waals surface area (Å²) in [5.41, 5.74) is 1.66. The number of hydrogen-bond donors (Lipinski definition) is 2. The maximum absolute atomic E-state index is 12.8. The first kappa shape index (κ1) is 18.7. The number of nitrogens with zero attached hydrogens (tertiary/aromatic N) is 3. The SMILES string of the molecule is Cl.Cl.O=C(c1cnc(C2CC2)[nH]1)N1CCNCC1c1cccnc1. The fourth-order valence-electron chi connectivity index (χ4n) is 2.98. The molecule has 2 aliphatic rings. The molecule has 1 saturated carbocycles. The Morgan fingerprint density at radius 2 is 2.08 bits per heavy atom. The van der Waals surface area contributed by atoms with Crippen LogP contribution >= 0.6 is 24.8 Å². The van der Waals surface area contributed by atoms with Crippen molar-refractivity contribution >= 4 is 30.7 Å². The van der Waals surface area contributed by atoms with Crippen LogP contribution in [0.3, 0.4) is 0 Å². The Bertz CT molecular complexity index is 674. The molecule has 4 rings (SSSR count). The fraction of sp³-hybridized carbons (Fsp3) is 0.438. The van der Waals surface area contributed by atoms with Gasteiger partial charge in [-0.1, -0.05) is 6.07 Å². The van der Waals surface area contributed by atoms with E-state index in [0.29, 0.717) is 18.2 Å². The van der Waals surface area contributed by atoms with E-state index in [1.807, 2.05) is 23.2 Å². The summed E-state index contributed by atoms with van der Waals surface area (Å²) in [6.45, 7) is 2.25. The summed E-state index contributed by atoms with van der Waals surface area (Å²) in [7, 11) is 0. The Morgan fingerprint density at radius 1 is 1.25 bits per heavy atom. The number of nitrogens with one attached hydrogen (secondary N) is 2. The predicted molar refractivity (Wildman–Crippen MR) is 95.9 cm³/mol. The van der Waals surface area contributed by atoms with Gasteiger partial charge in [-0.15, -0.1) is 24.8 Å². The molecule has 2 aromatic heterocycles. The Morgan fingerprint density at radius 3 is 2.79 bits per heavy atom. The van der Waals surface area contributed by atoms with Crippen LogP contribution in [0, 0.1) is 0 Å². The highest BCUT2D eigenvalue weighted by Crippen LogP contribution is 2.38. The first-order chi connectivity index (χ1) is 10.8. The zero-order valence-electron chi connectivity index (χ0n) is 13.1. The van der Waals surface area contributed by atoms with Crippen molar-refractivity contribution in [3.63, 3.8) is 0 Å². The highest BCUT2D eigenvalue weighted by atomic mass is 35.5. The fourth-order valence-corrected chi connectivity index (χ4v) is 2.98. The Hall–Kier alpha value is -1.63. The Labute approximate surface area is 153 Å². The minimum Gasteiger partial charge on any atom is -0.338 e. The van der Waals surface area contributed by atoms with Crippen molar-refractivity contribution in [2.75, 3.05) is 19.6 Å². The van der Waals surface area contributed by atoms with E-state index in [4.69, 9.17) is 0 Å². The molecule has 6 nitrogen and oxygen atoms in total. The number of halogens is 2. The molecular weight excluding hydrogens is 349 g/mol. The van der Waals surface area contributed by atoms with E-state index in [0.717, 1.165) is 24.5 Å². The average molecular weight is 370 g/mol. The lowest BCUT2D eigenvalue weighted by atomic mass is 10.0. The molecule has 24 heavy (non-hydrogen) atoms. The molecule has 0 radical (unpaired) electrons. The van der Waals surface area contributed by atoms with Gasteiger partial charge in [0, 0.05) is 37.9 Å². The summed E-state index contributed by atoms with van der Waals surface area (Å²) in [6.07, 6.45) is 7.61. The minimum atomic E-state index is 0. The van der Waals surface area contributed by atoms with E-state index in [1.165, 1.54) is 12.8 Å². The number of hydrogen-bond acceptors (Lipinski definition) is 4. The number of amides is 1. The molecule has 1 unspecified atom stereocenters. The summed E-state index contributed by atoms with van der Waals surface area (Å²) in [5.74, 6) is 1.50. The van der Waals surface area contributed by atoms with E-state index < -0.39 is 0 Å². The van der Waals surface area contributed by atoms with Crippen molar-refractivity contribution in [2.45, 2.75) is 24.8 Å². The van der Waals surface area contributed by atoms with Crippen molar-refractivity contribution in [1.29, 1.82) is 0 Å². The van der Waals surface area contributed by atoms with E-state index in [1.54, 1.807) is 12.4 Å². The van der Waals surface area contributed by atoms with Crippen molar-refractivity contribution in [1.82, 2.24) is 25.2 Å². The molecule has 1 aliphatic heterocycles. The van der Waals surface area contributed by atoms with Gasteiger partial charge < -0.3 is 15.2 Å². The third kappa shape index (κ3) is 3.71. The molecule has 2 fully saturated rings. The van der Waals surface area contributed by atoms with Crippen LogP contribution in [0.1, 0.15) is 46.7 Å². The standard InChI is InChI=1S/C16H19N5O.2ClH/c22-16(13-9-19-15(20-13)11-3-4-11)21-7-6-18-10-14(21)12-2-1-5-17-8-12;;/h1-2,5,8-9,11,14,18H,3-4,6-7,10H2,(H,19,20);2*1H. The summed E-state index contributed by atoms with van der Waals surface area (Å²) in [4.78, 5) is 26.5. The predicted octanol–water partition coefficient (Wildman–Crippen LogP) is 2.31. The monoisotopic (exact) mass is 369 g/mol. The number of H-pyrrole nitrogens is 1. The zero-order chi connectivity index (χ0) is 14.9. The largest absolute Gasteiger partial charge is 0.338 e. The lowest BCUT2D eigenvalue weighted by molar-refractivity contribution is 0.0628. The lowest BCUT2D eigenvalue weighted by Gasteiger charge is -2.36. The number of rotatable bonds is 3. The van der Waals surface area contributed by atoms with E-state index >= 15 is 0 Å². The molecule has 0 aromatic carbocycles. The van der Waals surface area contributed by atoms with Crippen LogP contribution in [-0.4, -0.2) is 45.4 Å². The van der Waals surface area contributed by atoms with Crippen molar-refractivity contribution in [2.24, 2.45) is 0 Å². The second-order valence-corrected chi connectivity index (χ2v) is 5.96. The van der Waals surface area contributed by atoms with Crippen LogP contribution in [0.5, 0.6) is 0 Å². The number of pyridine rings is 1. The summed E-state index contributed by atoms with van der Waals surface area (Å²) in [6, 6.07) is 3.95. The highest BCUT2D eigenvalue weighted by Gasteiger charge is 2.31. The number of imidazole rings is 1. The van der Waals surface area contributed by atoms with Crippen LogP contribution < -0.4 is 5.32 Å². The van der Waals surface area contributed by atoms with Gasteiger partial charge in [0.05, 0.1) is 12.2 Å². The van der Waals surface area contributed by atoms with E-state index in [-0.39, 0.29) is 36.8 Å². The van der Waals surface area contributed by atoms with Gasteiger partial charge in [-0.2, -0.15) is 0 Å². The molecule has 0 bridgehead atoms. The third-order valence-corrected chi connectivity index (χ3v) is 4.36. The van der Waals surface area contributed by atoms with Crippen LogP contribution in [0.25, 0.3) is 0 Å². The number of aromatic nitrogens is 3. The lowest BCUT2D eigenvalue weighted by Crippen LogP contribution is -2.48. The normalized spacial score (nSPS) is 20.0.